The molecule has 1 N–H and O–H groups in total. The molecule has 1 fully saturated rings. The van der Waals surface area contributed by atoms with Gasteiger partial charge in [-0.15, -0.1) is 0 Å². The van der Waals surface area contributed by atoms with Gasteiger partial charge < -0.3 is 23.7 Å². The summed E-state index contributed by atoms with van der Waals surface area (Å²) in [4.78, 5) is 71.1. The van der Waals surface area contributed by atoms with Crippen molar-refractivity contribution in [2.24, 2.45) is 0 Å². The van der Waals surface area contributed by atoms with E-state index in [-0.39, 0.29) is 24.1 Å². The standard InChI is InChI=1S/C21H25N5O10/c1-9(27)24-21-22-6-14-19(25-21)23-8-26(14)20-18(35-13(5)31)17(34-12(4)30)16(33-11(3)29)15(36-20)7-32-10(2)28/h6,8,15-18,20H,7H2,1-5H3,(H,22,24,25,27)/t15-,16-,17+,18-,20-/m1/s1. The van der Waals surface area contributed by atoms with Crippen LogP contribution in [0.25, 0.3) is 11.2 Å². The highest BCUT2D eigenvalue weighted by Crippen LogP contribution is 2.36. The highest BCUT2D eigenvalue weighted by Gasteiger charge is 2.53. The van der Waals surface area contributed by atoms with Crippen molar-refractivity contribution in [3.05, 3.63) is 12.5 Å². The summed E-state index contributed by atoms with van der Waals surface area (Å²) in [5.74, 6) is -3.22. The normalized spacial score (nSPS) is 23.4. The van der Waals surface area contributed by atoms with Crippen LogP contribution in [-0.2, 0) is 47.7 Å². The van der Waals surface area contributed by atoms with Gasteiger partial charge in [-0.2, -0.15) is 4.98 Å². The zero-order valence-corrected chi connectivity index (χ0v) is 20.1. The Labute approximate surface area is 204 Å². The number of hydrogen-bond donors (Lipinski definition) is 1. The number of amides is 1. The number of imidazole rings is 1. The SMILES string of the molecule is CC(=O)Nc1ncc2c(ncn2[C@@H]2O[C@H](COC(C)=O)[C@@H](OC(C)=O)[C@H](OC(C)=O)[C@H]2OC(C)=O)n1. The fourth-order valence-corrected chi connectivity index (χ4v) is 3.67. The summed E-state index contributed by atoms with van der Waals surface area (Å²) in [5.41, 5.74) is 0.478. The molecule has 15 heteroatoms. The molecule has 1 amide bonds. The molecular weight excluding hydrogens is 482 g/mol. The first-order valence-electron chi connectivity index (χ1n) is 10.7. The lowest BCUT2D eigenvalue weighted by Gasteiger charge is -2.44. The molecule has 5 atom stereocenters. The minimum atomic E-state index is -1.34. The van der Waals surface area contributed by atoms with Crippen LogP contribution in [0.5, 0.6) is 0 Å². The number of carbonyl (C=O) groups is 5. The highest BCUT2D eigenvalue weighted by atomic mass is 16.7. The number of ether oxygens (including phenoxy) is 5. The summed E-state index contributed by atoms with van der Waals surface area (Å²) in [6.07, 6.45) is -3.61. The average Bonchev–Trinajstić information content (AvgIpc) is 3.17. The first-order valence-corrected chi connectivity index (χ1v) is 10.7. The van der Waals surface area contributed by atoms with Gasteiger partial charge in [0.05, 0.1) is 12.5 Å². The predicted molar refractivity (Wildman–Crippen MR) is 117 cm³/mol. The van der Waals surface area contributed by atoms with E-state index in [1.54, 1.807) is 0 Å². The molecule has 0 aliphatic carbocycles. The average molecular weight is 507 g/mol. The van der Waals surface area contributed by atoms with Crippen molar-refractivity contribution < 1.29 is 47.7 Å². The zero-order valence-electron chi connectivity index (χ0n) is 20.1. The van der Waals surface area contributed by atoms with Crippen LogP contribution in [0.15, 0.2) is 12.5 Å². The van der Waals surface area contributed by atoms with E-state index in [2.05, 4.69) is 20.3 Å². The molecule has 3 heterocycles. The number of nitrogens with one attached hydrogen (secondary N) is 1. The smallest absolute Gasteiger partial charge is 0.303 e. The predicted octanol–water partition coefficient (Wildman–Crippen LogP) is 0.0403. The number of carbonyl (C=O) groups excluding carboxylic acids is 5. The summed E-state index contributed by atoms with van der Waals surface area (Å²) in [6.45, 7) is 5.51. The Morgan fingerprint density at radius 3 is 2.08 bits per heavy atom. The summed E-state index contributed by atoms with van der Waals surface area (Å²) < 4.78 is 28.8. The Kier molecular flexibility index (Phi) is 8.14. The lowest BCUT2D eigenvalue weighted by molar-refractivity contribution is -0.267. The van der Waals surface area contributed by atoms with Crippen molar-refractivity contribution in [2.75, 3.05) is 11.9 Å². The molecule has 2 aromatic heterocycles. The van der Waals surface area contributed by atoms with Crippen LogP contribution >= 0.6 is 0 Å². The molecular formula is C21H25N5O10. The van der Waals surface area contributed by atoms with Gasteiger partial charge in [0.25, 0.3) is 0 Å². The fourth-order valence-electron chi connectivity index (χ4n) is 3.67. The number of rotatable bonds is 7. The lowest BCUT2D eigenvalue weighted by atomic mass is 9.97. The summed E-state index contributed by atoms with van der Waals surface area (Å²) >= 11 is 0. The quantitative estimate of drug-likeness (QED) is 0.391. The third-order valence-electron chi connectivity index (χ3n) is 4.86. The third-order valence-corrected chi connectivity index (χ3v) is 4.86. The second kappa shape index (κ2) is 11.1. The highest BCUT2D eigenvalue weighted by molar-refractivity contribution is 5.87. The third kappa shape index (κ3) is 6.29. The second-order valence-corrected chi connectivity index (χ2v) is 7.83. The minimum Gasteiger partial charge on any atom is -0.463 e. The van der Waals surface area contributed by atoms with Crippen LogP contribution in [0.3, 0.4) is 0 Å². The number of hydrogen-bond acceptors (Lipinski definition) is 13. The Morgan fingerprint density at radius 1 is 0.889 bits per heavy atom. The van der Waals surface area contributed by atoms with E-state index in [0.717, 1.165) is 20.8 Å². The Balaban J connectivity index is 2.10. The molecule has 0 radical (unpaired) electrons. The molecule has 0 unspecified atom stereocenters. The minimum absolute atomic E-state index is 0.0156. The van der Waals surface area contributed by atoms with E-state index in [0.29, 0.717) is 5.52 Å². The Hall–Kier alpha value is -4.14. The van der Waals surface area contributed by atoms with E-state index < -0.39 is 54.5 Å². The number of esters is 4. The second-order valence-electron chi connectivity index (χ2n) is 7.83. The van der Waals surface area contributed by atoms with Crippen molar-refractivity contribution in [3.63, 3.8) is 0 Å². The molecule has 36 heavy (non-hydrogen) atoms. The van der Waals surface area contributed by atoms with Gasteiger partial charge in [-0.1, -0.05) is 0 Å². The van der Waals surface area contributed by atoms with Gasteiger partial charge in [0, 0.05) is 34.6 Å². The molecule has 1 saturated heterocycles. The maximum Gasteiger partial charge on any atom is 0.303 e. The zero-order chi connectivity index (χ0) is 26.6. The van der Waals surface area contributed by atoms with Crippen LogP contribution < -0.4 is 5.32 Å². The van der Waals surface area contributed by atoms with Gasteiger partial charge in [-0.05, 0) is 0 Å². The molecule has 2 aromatic rings. The van der Waals surface area contributed by atoms with Crippen LogP contribution in [0.2, 0.25) is 0 Å². The van der Waals surface area contributed by atoms with Gasteiger partial charge in [-0.25, -0.2) is 9.97 Å². The van der Waals surface area contributed by atoms with E-state index in [9.17, 15) is 24.0 Å². The first-order chi connectivity index (χ1) is 17.0. The molecule has 0 bridgehead atoms. The molecule has 15 nitrogen and oxygen atoms in total. The monoisotopic (exact) mass is 507 g/mol. The maximum absolute atomic E-state index is 12.0. The van der Waals surface area contributed by atoms with Crippen LogP contribution in [0.1, 0.15) is 40.8 Å². The Morgan fingerprint density at radius 2 is 1.50 bits per heavy atom. The molecule has 0 spiro atoms. The molecule has 3 rings (SSSR count). The van der Waals surface area contributed by atoms with Gasteiger partial charge in [0.2, 0.25) is 11.9 Å². The van der Waals surface area contributed by atoms with Crippen LogP contribution in [0, 0.1) is 0 Å². The fraction of sp³-hybridized carbons (Fsp3) is 0.524. The summed E-state index contributed by atoms with van der Waals surface area (Å²) in [6, 6.07) is 0. The van der Waals surface area contributed by atoms with Gasteiger partial charge in [-0.3, -0.25) is 33.9 Å². The summed E-state index contributed by atoms with van der Waals surface area (Å²) in [7, 11) is 0. The maximum atomic E-state index is 12.0. The van der Waals surface area contributed by atoms with Crippen molar-refractivity contribution in [1.29, 1.82) is 0 Å². The van der Waals surface area contributed by atoms with Crippen LogP contribution in [0.4, 0.5) is 5.95 Å². The van der Waals surface area contributed by atoms with E-state index >= 15 is 0 Å². The number of nitrogens with zero attached hydrogens (tertiary/aromatic N) is 4. The van der Waals surface area contributed by atoms with E-state index in [4.69, 9.17) is 23.7 Å². The molecule has 1 aliphatic rings. The molecule has 1 aliphatic heterocycles. The van der Waals surface area contributed by atoms with E-state index in [1.807, 2.05) is 0 Å². The van der Waals surface area contributed by atoms with Crippen molar-refractivity contribution >= 4 is 46.9 Å². The van der Waals surface area contributed by atoms with Crippen molar-refractivity contribution in [3.8, 4) is 0 Å². The number of anilines is 1. The summed E-state index contributed by atoms with van der Waals surface area (Å²) in [5, 5.41) is 2.44. The molecule has 0 aromatic carbocycles. The van der Waals surface area contributed by atoms with Gasteiger partial charge in [0.15, 0.2) is 30.2 Å². The topological polar surface area (TPSA) is 187 Å². The van der Waals surface area contributed by atoms with Crippen molar-refractivity contribution in [1.82, 2.24) is 19.5 Å². The van der Waals surface area contributed by atoms with Gasteiger partial charge >= 0.3 is 23.9 Å². The molecule has 194 valence electrons. The number of aromatic nitrogens is 4. The molecule has 0 saturated carbocycles. The van der Waals surface area contributed by atoms with Gasteiger partial charge in [0.1, 0.15) is 18.2 Å². The number of fused-ring (bicyclic) bond motifs is 1. The first kappa shape index (κ1) is 26.5. The lowest BCUT2D eigenvalue weighted by Crippen LogP contribution is -2.60. The van der Waals surface area contributed by atoms with E-state index in [1.165, 1.54) is 30.9 Å². The van der Waals surface area contributed by atoms with Crippen molar-refractivity contribution in [2.45, 2.75) is 65.3 Å². The largest absolute Gasteiger partial charge is 0.463 e. The van der Waals surface area contributed by atoms with Crippen LogP contribution in [-0.4, -0.2) is 80.3 Å². The Bertz CT molecular complexity index is 1180.